The molecule has 0 aliphatic carbocycles. The van der Waals surface area contributed by atoms with Crippen molar-refractivity contribution in [1.29, 1.82) is 0 Å². The normalized spacial score (nSPS) is 19.6. The Labute approximate surface area is 121 Å². The lowest BCUT2D eigenvalue weighted by atomic mass is 10.1. The van der Waals surface area contributed by atoms with Gasteiger partial charge in [-0.1, -0.05) is 0 Å². The Morgan fingerprint density at radius 2 is 2.25 bits per heavy atom. The zero-order valence-corrected chi connectivity index (χ0v) is 13.0. The monoisotopic (exact) mass is 278 g/mol. The van der Waals surface area contributed by atoms with E-state index in [1.54, 1.807) is 0 Å². The minimum Gasteiger partial charge on any atom is -0.473 e. The number of rotatable bonds is 5. The molecule has 1 aliphatic heterocycles. The minimum atomic E-state index is 0.0776. The number of anilines is 2. The number of hydrogen-bond acceptors (Lipinski definition) is 5. The van der Waals surface area contributed by atoms with Crippen LogP contribution in [0.25, 0.3) is 0 Å². The lowest BCUT2D eigenvalue weighted by Gasteiger charge is -2.23. The van der Waals surface area contributed by atoms with E-state index in [1.807, 2.05) is 26.0 Å². The number of hydrogen-bond donors (Lipinski definition) is 1. The molecule has 5 nitrogen and oxygen atoms in total. The summed E-state index contributed by atoms with van der Waals surface area (Å²) in [6, 6.07) is 3.83. The second-order valence-corrected chi connectivity index (χ2v) is 6.03. The third kappa shape index (κ3) is 3.76. The second kappa shape index (κ2) is 6.31. The van der Waals surface area contributed by atoms with Gasteiger partial charge in [0.15, 0.2) is 0 Å². The summed E-state index contributed by atoms with van der Waals surface area (Å²) >= 11 is 0. The van der Waals surface area contributed by atoms with Gasteiger partial charge in [0.1, 0.15) is 5.82 Å². The van der Waals surface area contributed by atoms with Crippen LogP contribution in [-0.4, -0.2) is 49.7 Å². The van der Waals surface area contributed by atoms with Crippen LogP contribution in [0.3, 0.4) is 0 Å². The number of aromatic nitrogens is 1. The number of nitrogens with zero attached hydrogens (tertiary/aromatic N) is 3. The van der Waals surface area contributed by atoms with Gasteiger partial charge in [-0.15, -0.1) is 0 Å². The van der Waals surface area contributed by atoms with E-state index in [4.69, 9.17) is 10.5 Å². The highest BCUT2D eigenvalue weighted by molar-refractivity contribution is 5.54. The average molecular weight is 278 g/mol. The number of pyridine rings is 1. The van der Waals surface area contributed by atoms with Crippen LogP contribution in [0.5, 0.6) is 5.88 Å². The van der Waals surface area contributed by atoms with Crippen LogP contribution in [0.2, 0.25) is 0 Å². The molecule has 20 heavy (non-hydrogen) atoms. The van der Waals surface area contributed by atoms with Crippen LogP contribution in [0.4, 0.5) is 11.5 Å². The van der Waals surface area contributed by atoms with Crippen molar-refractivity contribution < 1.29 is 4.74 Å². The second-order valence-electron chi connectivity index (χ2n) is 6.03. The van der Waals surface area contributed by atoms with Gasteiger partial charge < -0.3 is 20.3 Å². The molecule has 2 heterocycles. The zero-order valence-electron chi connectivity index (χ0n) is 13.0. The summed E-state index contributed by atoms with van der Waals surface area (Å²) < 4.78 is 5.65. The average Bonchev–Trinajstić information content (AvgIpc) is 2.77. The molecule has 1 aromatic heterocycles. The molecule has 0 amide bonds. The fourth-order valence-electron chi connectivity index (χ4n) is 2.63. The molecule has 1 unspecified atom stereocenters. The molecular formula is C15H26N4O. The molecule has 5 heteroatoms. The predicted octanol–water partition coefficient (Wildman–Crippen LogP) is 1.84. The molecule has 112 valence electrons. The largest absolute Gasteiger partial charge is 0.473 e. The lowest BCUT2D eigenvalue weighted by Crippen LogP contribution is -2.28. The summed E-state index contributed by atoms with van der Waals surface area (Å²) in [6.07, 6.45) is 1.33. The summed E-state index contributed by atoms with van der Waals surface area (Å²) in [7, 11) is 4.26. The van der Waals surface area contributed by atoms with E-state index in [0.29, 0.717) is 17.5 Å². The molecule has 0 saturated carbocycles. The third-order valence-electron chi connectivity index (χ3n) is 3.63. The molecule has 0 aromatic carbocycles. The molecule has 1 aliphatic rings. The van der Waals surface area contributed by atoms with E-state index in [0.717, 1.165) is 18.9 Å². The van der Waals surface area contributed by atoms with Crippen LogP contribution in [0, 0.1) is 5.92 Å². The molecule has 0 radical (unpaired) electrons. The minimum absolute atomic E-state index is 0.0776. The summed E-state index contributed by atoms with van der Waals surface area (Å²) in [5, 5.41) is 0. The Bertz CT molecular complexity index is 449. The SMILES string of the molecule is CC(C)Oc1nc(N(C)CC2CCN(C)C2)ccc1N. The first-order valence-corrected chi connectivity index (χ1v) is 7.28. The number of ether oxygens (including phenoxy) is 1. The van der Waals surface area contributed by atoms with E-state index in [-0.39, 0.29) is 6.10 Å². The Hall–Kier alpha value is -1.49. The Morgan fingerprint density at radius 3 is 2.85 bits per heavy atom. The first-order valence-electron chi connectivity index (χ1n) is 7.28. The lowest BCUT2D eigenvalue weighted by molar-refractivity contribution is 0.234. The first-order chi connectivity index (χ1) is 9.45. The van der Waals surface area contributed by atoms with Gasteiger partial charge in [-0.3, -0.25) is 0 Å². The van der Waals surface area contributed by atoms with Crippen LogP contribution in [-0.2, 0) is 0 Å². The first kappa shape index (κ1) is 14.9. The van der Waals surface area contributed by atoms with Crippen molar-refractivity contribution in [3.8, 4) is 5.88 Å². The van der Waals surface area contributed by atoms with Crippen LogP contribution < -0.4 is 15.4 Å². The maximum atomic E-state index is 5.91. The Kier molecular flexibility index (Phi) is 4.70. The van der Waals surface area contributed by atoms with Crippen molar-refractivity contribution in [1.82, 2.24) is 9.88 Å². The van der Waals surface area contributed by atoms with Gasteiger partial charge >= 0.3 is 0 Å². The number of nitrogen functional groups attached to an aromatic ring is 1. The van der Waals surface area contributed by atoms with E-state index in [9.17, 15) is 0 Å². The summed E-state index contributed by atoms with van der Waals surface area (Å²) in [5.74, 6) is 2.16. The quantitative estimate of drug-likeness (QED) is 0.890. The zero-order chi connectivity index (χ0) is 14.7. The summed E-state index contributed by atoms with van der Waals surface area (Å²) in [4.78, 5) is 9.11. The highest BCUT2D eigenvalue weighted by atomic mass is 16.5. The fourth-order valence-corrected chi connectivity index (χ4v) is 2.63. The fraction of sp³-hybridized carbons (Fsp3) is 0.667. The van der Waals surface area contributed by atoms with Gasteiger partial charge in [-0.25, -0.2) is 0 Å². The number of likely N-dealkylation sites (tertiary alicyclic amines) is 1. The van der Waals surface area contributed by atoms with Crippen molar-refractivity contribution in [2.24, 2.45) is 5.92 Å². The van der Waals surface area contributed by atoms with Crippen LogP contribution >= 0.6 is 0 Å². The standard InChI is InChI=1S/C15H26N4O/c1-11(2)20-15-13(16)5-6-14(17-15)19(4)10-12-7-8-18(3)9-12/h5-6,11-12H,7-10,16H2,1-4H3. The van der Waals surface area contributed by atoms with Gasteiger partial charge in [0, 0.05) is 20.1 Å². The maximum absolute atomic E-state index is 5.91. The molecular weight excluding hydrogens is 252 g/mol. The van der Waals surface area contributed by atoms with Crippen molar-refractivity contribution >= 4 is 11.5 Å². The van der Waals surface area contributed by atoms with E-state index in [1.165, 1.54) is 13.0 Å². The molecule has 1 atom stereocenters. The van der Waals surface area contributed by atoms with Gasteiger partial charge in [0.25, 0.3) is 0 Å². The van der Waals surface area contributed by atoms with Gasteiger partial charge in [-0.2, -0.15) is 4.98 Å². The summed E-state index contributed by atoms with van der Waals surface area (Å²) in [6.45, 7) is 7.32. The molecule has 2 rings (SSSR count). The van der Waals surface area contributed by atoms with Crippen LogP contribution in [0.1, 0.15) is 20.3 Å². The molecule has 1 fully saturated rings. The Morgan fingerprint density at radius 1 is 1.50 bits per heavy atom. The van der Waals surface area contributed by atoms with Crippen molar-refractivity contribution in [2.45, 2.75) is 26.4 Å². The molecule has 0 bridgehead atoms. The third-order valence-corrected chi connectivity index (χ3v) is 3.63. The molecule has 1 saturated heterocycles. The maximum Gasteiger partial charge on any atom is 0.239 e. The van der Waals surface area contributed by atoms with Gasteiger partial charge in [0.2, 0.25) is 5.88 Å². The predicted molar refractivity (Wildman–Crippen MR) is 83.3 cm³/mol. The van der Waals surface area contributed by atoms with Gasteiger partial charge in [0.05, 0.1) is 11.8 Å². The highest BCUT2D eigenvalue weighted by Gasteiger charge is 2.21. The van der Waals surface area contributed by atoms with Crippen molar-refractivity contribution in [2.75, 3.05) is 44.4 Å². The smallest absolute Gasteiger partial charge is 0.239 e. The topological polar surface area (TPSA) is 54.6 Å². The van der Waals surface area contributed by atoms with E-state index < -0.39 is 0 Å². The molecule has 2 N–H and O–H groups in total. The van der Waals surface area contributed by atoms with E-state index in [2.05, 4.69) is 28.9 Å². The van der Waals surface area contributed by atoms with Crippen molar-refractivity contribution in [3.63, 3.8) is 0 Å². The van der Waals surface area contributed by atoms with Crippen LogP contribution in [0.15, 0.2) is 12.1 Å². The summed E-state index contributed by atoms with van der Waals surface area (Å²) in [5.41, 5.74) is 6.50. The van der Waals surface area contributed by atoms with Crippen molar-refractivity contribution in [3.05, 3.63) is 12.1 Å². The number of nitrogens with two attached hydrogens (primary N) is 1. The molecule has 1 aromatic rings. The Balaban J connectivity index is 2.03. The van der Waals surface area contributed by atoms with Gasteiger partial charge in [-0.05, 0) is 51.9 Å². The van der Waals surface area contributed by atoms with E-state index >= 15 is 0 Å². The highest BCUT2D eigenvalue weighted by Crippen LogP contribution is 2.25. The molecule has 0 spiro atoms.